The number of nitrogens with zero attached hydrogens (tertiary/aromatic N) is 1. The Kier molecular flexibility index (Phi) is 5.94. The van der Waals surface area contributed by atoms with Gasteiger partial charge in [-0.1, -0.05) is 40.5 Å². The molecule has 0 aromatic heterocycles. The van der Waals surface area contributed by atoms with Gasteiger partial charge >= 0.3 is 0 Å². The van der Waals surface area contributed by atoms with Crippen LogP contribution < -0.4 is 0 Å². The Balaban J connectivity index is 2.45. The second-order valence-corrected chi connectivity index (χ2v) is 6.37. The fraction of sp³-hybridized carbons (Fsp3) is 1.00. The number of hydrogen-bond acceptors (Lipinski definition) is 2. The van der Waals surface area contributed by atoms with E-state index in [0.717, 1.165) is 6.42 Å². The quantitative estimate of drug-likeness (QED) is 0.705. The van der Waals surface area contributed by atoms with Crippen molar-refractivity contribution in [3.8, 4) is 0 Å². The van der Waals surface area contributed by atoms with Crippen LogP contribution >= 0.6 is 0 Å². The molecule has 0 radical (unpaired) electrons. The molecule has 1 aliphatic heterocycles. The molecule has 1 saturated heterocycles. The molecule has 102 valence electrons. The normalized spacial score (nSPS) is 21.5. The van der Waals surface area contributed by atoms with Crippen LogP contribution in [0.25, 0.3) is 0 Å². The zero-order valence-corrected chi connectivity index (χ0v) is 12.2. The second-order valence-electron chi connectivity index (χ2n) is 6.37. The number of rotatable bonds is 8. The lowest BCUT2D eigenvalue weighted by Crippen LogP contribution is -2.60. The largest absolute Gasteiger partial charge is 0.395 e. The predicted octanol–water partition coefficient (Wildman–Crippen LogP) is 3.30. The molecule has 2 heteroatoms. The van der Waals surface area contributed by atoms with Gasteiger partial charge in [0.25, 0.3) is 0 Å². The smallest absolute Gasteiger partial charge is 0.0586 e. The van der Waals surface area contributed by atoms with E-state index in [1.54, 1.807) is 0 Å². The van der Waals surface area contributed by atoms with E-state index in [2.05, 4.69) is 32.6 Å². The van der Waals surface area contributed by atoms with Gasteiger partial charge in [-0.2, -0.15) is 0 Å². The molecule has 0 spiro atoms. The van der Waals surface area contributed by atoms with E-state index in [-0.39, 0.29) is 0 Å². The molecule has 1 aliphatic rings. The molecule has 0 aromatic rings. The van der Waals surface area contributed by atoms with Crippen molar-refractivity contribution in [2.24, 2.45) is 11.3 Å². The van der Waals surface area contributed by atoms with Gasteiger partial charge in [0.15, 0.2) is 0 Å². The summed E-state index contributed by atoms with van der Waals surface area (Å²) >= 11 is 0. The highest BCUT2D eigenvalue weighted by atomic mass is 16.3. The van der Waals surface area contributed by atoms with Crippen LogP contribution in [-0.4, -0.2) is 35.7 Å². The summed E-state index contributed by atoms with van der Waals surface area (Å²) in [4.78, 5) is 2.51. The first-order chi connectivity index (χ1) is 8.06. The summed E-state index contributed by atoms with van der Waals surface area (Å²) in [6.45, 7) is 11.8. The van der Waals surface area contributed by atoms with E-state index in [9.17, 15) is 5.11 Å². The van der Waals surface area contributed by atoms with E-state index in [0.29, 0.717) is 24.0 Å². The SMILES string of the molecule is CCCC1(CCC)CN(C(CO)CC(C)C)C1. The summed E-state index contributed by atoms with van der Waals surface area (Å²) in [5.41, 5.74) is 0.577. The zero-order chi connectivity index (χ0) is 12.9. The van der Waals surface area contributed by atoms with Crippen LogP contribution in [0.1, 0.15) is 59.8 Å². The second kappa shape index (κ2) is 6.75. The maximum Gasteiger partial charge on any atom is 0.0586 e. The Bertz CT molecular complexity index is 201. The molecule has 1 rings (SSSR count). The standard InChI is InChI=1S/C15H31NO/c1-5-7-15(8-6-2)11-16(12-15)14(10-17)9-13(3)4/h13-14,17H,5-12H2,1-4H3. The lowest BCUT2D eigenvalue weighted by atomic mass is 9.71. The number of likely N-dealkylation sites (tertiary alicyclic amines) is 1. The van der Waals surface area contributed by atoms with Gasteiger partial charge in [-0.25, -0.2) is 0 Å². The van der Waals surface area contributed by atoms with Crippen molar-refractivity contribution in [2.75, 3.05) is 19.7 Å². The maximum absolute atomic E-state index is 9.50. The number of aliphatic hydroxyl groups is 1. The van der Waals surface area contributed by atoms with E-state index < -0.39 is 0 Å². The van der Waals surface area contributed by atoms with Crippen LogP contribution in [-0.2, 0) is 0 Å². The Morgan fingerprint density at radius 2 is 1.65 bits per heavy atom. The first-order valence-corrected chi connectivity index (χ1v) is 7.41. The molecule has 1 fully saturated rings. The number of hydrogen-bond donors (Lipinski definition) is 1. The Hall–Kier alpha value is -0.0800. The topological polar surface area (TPSA) is 23.5 Å². The van der Waals surface area contributed by atoms with Crippen molar-refractivity contribution in [1.82, 2.24) is 4.90 Å². The Morgan fingerprint density at radius 1 is 1.12 bits per heavy atom. The zero-order valence-electron chi connectivity index (χ0n) is 12.2. The third-order valence-electron chi connectivity index (χ3n) is 4.11. The molecular weight excluding hydrogens is 210 g/mol. The van der Waals surface area contributed by atoms with E-state index >= 15 is 0 Å². The summed E-state index contributed by atoms with van der Waals surface area (Å²) in [5, 5.41) is 9.50. The molecule has 1 N–H and O–H groups in total. The summed E-state index contributed by atoms with van der Waals surface area (Å²) in [7, 11) is 0. The summed E-state index contributed by atoms with van der Waals surface area (Å²) < 4.78 is 0. The van der Waals surface area contributed by atoms with Crippen LogP contribution in [0, 0.1) is 11.3 Å². The van der Waals surface area contributed by atoms with Crippen molar-refractivity contribution in [3.05, 3.63) is 0 Å². The molecule has 0 saturated carbocycles. The lowest BCUT2D eigenvalue weighted by Gasteiger charge is -2.54. The summed E-state index contributed by atoms with van der Waals surface area (Å²) in [5.74, 6) is 0.680. The van der Waals surface area contributed by atoms with Crippen molar-refractivity contribution in [3.63, 3.8) is 0 Å². The molecule has 1 atom stereocenters. The van der Waals surface area contributed by atoms with Gasteiger partial charge in [-0.05, 0) is 30.6 Å². The first kappa shape index (κ1) is 15.0. The van der Waals surface area contributed by atoms with E-state index in [4.69, 9.17) is 0 Å². The minimum atomic E-state index is 0.326. The highest BCUT2D eigenvalue weighted by Gasteiger charge is 2.43. The van der Waals surface area contributed by atoms with E-state index in [1.165, 1.54) is 38.8 Å². The molecule has 1 unspecified atom stereocenters. The Morgan fingerprint density at radius 3 is 2.00 bits per heavy atom. The monoisotopic (exact) mass is 241 g/mol. The fourth-order valence-electron chi connectivity index (χ4n) is 3.46. The lowest BCUT2D eigenvalue weighted by molar-refractivity contribution is -0.0617. The molecule has 0 aromatic carbocycles. The summed E-state index contributed by atoms with van der Waals surface area (Å²) in [6, 6.07) is 0.400. The minimum Gasteiger partial charge on any atom is -0.395 e. The van der Waals surface area contributed by atoms with Crippen molar-refractivity contribution < 1.29 is 5.11 Å². The fourth-order valence-corrected chi connectivity index (χ4v) is 3.46. The van der Waals surface area contributed by atoms with Gasteiger partial charge in [-0.3, -0.25) is 4.90 Å². The average molecular weight is 241 g/mol. The third-order valence-corrected chi connectivity index (χ3v) is 4.11. The van der Waals surface area contributed by atoms with E-state index in [1.807, 2.05) is 0 Å². The molecule has 0 bridgehead atoms. The van der Waals surface area contributed by atoms with Crippen molar-refractivity contribution in [2.45, 2.75) is 65.8 Å². The van der Waals surface area contributed by atoms with Crippen LogP contribution in [0.5, 0.6) is 0 Å². The third kappa shape index (κ3) is 3.96. The molecule has 17 heavy (non-hydrogen) atoms. The van der Waals surface area contributed by atoms with Crippen LogP contribution in [0.4, 0.5) is 0 Å². The molecule has 0 amide bonds. The van der Waals surface area contributed by atoms with Gasteiger partial charge in [-0.15, -0.1) is 0 Å². The average Bonchev–Trinajstić information content (AvgIpc) is 2.22. The molecule has 0 aliphatic carbocycles. The van der Waals surface area contributed by atoms with Crippen molar-refractivity contribution in [1.29, 1.82) is 0 Å². The van der Waals surface area contributed by atoms with Gasteiger partial charge in [0.1, 0.15) is 0 Å². The maximum atomic E-state index is 9.50. The molecule has 2 nitrogen and oxygen atoms in total. The van der Waals surface area contributed by atoms with Gasteiger partial charge < -0.3 is 5.11 Å². The van der Waals surface area contributed by atoms with Crippen LogP contribution in [0.15, 0.2) is 0 Å². The van der Waals surface area contributed by atoms with Gasteiger partial charge in [0.2, 0.25) is 0 Å². The van der Waals surface area contributed by atoms with Crippen LogP contribution in [0.2, 0.25) is 0 Å². The highest BCUT2D eigenvalue weighted by Crippen LogP contribution is 2.41. The van der Waals surface area contributed by atoms with Gasteiger partial charge in [0.05, 0.1) is 6.61 Å². The molecular formula is C15H31NO. The van der Waals surface area contributed by atoms with Crippen LogP contribution in [0.3, 0.4) is 0 Å². The number of aliphatic hydroxyl groups excluding tert-OH is 1. The minimum absolute atomic E-state index is 0.326. The van der Waals surface area contributed by atoms with Crippen molar-refractivity contribution >= 4 is 0 Å². The molecule has 1 heterocycles. The highest BCUT2D eigenvalue weighted by molar-refractivity contribution is 4.97. The summed E-state index contributed by atoms with van der Waals surface area (Å²) in [6.07, 6.45) is 6.43. The Labute approximate surface area is 107 Å². The van der Waals surface area contributed by atoms with Gasteiger partial charge in [0, 0.05) is 19.1 Å². The predicted molar refractivity (Wildman–Crippen MR) is 74.2 cm³/mol. The first-order valence-electron chi connectivity index (χ1n) is 7.41.